The van der Waals surface area contributed by atoms with E-state index in [1.54, 1.807) is 6.08 Å². The summed E-state index contributed by atoms with van der Waals surface area (Å²) in [7, 11) is 0. The van der Waals surface area contributed by atoms with Crippen molar-refractivity contribution in [3.63, 3.8) is 0 Å². The summed E-state index contributed by atoms with van der Waals surface area (Å²) in [6.45, 7) is 0. The van der Waals surface area contributed by atoms with Gasteiger partial charge in [-0.2, -0.15) is 5.90 Å². The van der Waals surface area contributed by atoms with Crippen LogP contribution in [-0.2, 0) is 4.84 Å². The summed E-state index contributed by atoms with van der Waals surface area (Å²) in [5.74, 6) is 5.43. The first-order chi connectivity index (χ1) is 3.93. The fraction of sp³-hybridized carbons (Fsp3) is 0.167. The Morgan fingerprint density at radius 1 is 1.75 bits per heavy atom. The van der Waals surface area contributed by atoms with Gasteiger partial charge in [-0.25, -0.2) is 0 Å². The highest BCUT2D eigenvalue weighted by Gasteiger charge is 1.88. The topological polar surface area (TPSA) is 35.2 Å². The predicted octanol–water partition coefficient (Wildman–Crippen LogP) is 0.876. The number of rotatable bonds is 1. The van der Waals surface area contributed by atoms with E-state index in [2.05, 4.69) is 10.6 Å². The van der Waals surface area contributed by atoms with Crippen LogP contribution in [0.5, 0.6) is 0 Å². The average molecular weight is 109 g/mol. The molecule has 0 atom stereocenters. The summed E-state index contributed by atoms with van der Waals surface area (Å²) in [5.41, 5.74) is 2.83. The molecule has 0 unspecified atom stereocenters. The Bertz CT molecular complexity index is 163. The van der Waals surface area contributed by atoms with Gasteiger partial charge in [0.05, 0.1) is 0 Å². The van der Waals surface area contributed by atoms with Crippen molar-refractivity contribution < 1.29 is 4.84 Å². The molecule has 0 heterocycles. The molecule has 2 nitrogen and oxygen atoms in total. The van der Waals surface area contributed by atoms with E-state index in [1.807, 2.05) is 12.2 Å². The van der Waals surface area contributed by atoms with Crippen molar-refractivity contribution in [2.75, 3.05) is 0 Å². The maximum atomic E-state index is 4.83. The molecule has 2 N–H and O–H groups in total. The van der Waals surface area contributed by atoms with Gasteiger partial charge in [0.25, 0.3) is 0 Å². The minimum atomic E-state index is 0.594. The van der Waals surface area contributed by atoms with Gasteiger partial charge >= 0.3 is 0 Å². The van der Waals surface area contributed by atoms with Crippen LogP contribution in [0, 0.1) is 0 Å². The van der Waals surface area contributed by atoms with Crippen molar-refractivity contribution in [2.24, 2.45) is 5.90 Å². The van der Waals surface area contributed by atoms with Crippen LogP contribution in [-0.4, -0.2) is 0 Å². The lowest BCUT2D eigenvalue weighted by atomic mass is 10.3. The van der Waals surface area contributed by atoms with Gasteiger partial charge in [0.2, 0.25) is 0 Å². The highest BCUT2D eigenvalue weighted by Crippen LogP contribution is 2.00. The van der Waals surface area contributed by atoms with Crippen molar-refractivity contribution in [1.82, 2.24) is 0 Å². The molecule has 1 rings (SSSR count). The molecule has 0 bridgehead atoms. The maximum absolute atomic E-state index is 4.83. The molecule has 42 valence electrons. The molecule has 0 saturated carbocycles. The minimum absolute atomic E-state index is 0.594. The van der Waals surface area contributed by atoms with Gasteiger partial charge in [0, 0.05) is 0 Å². The molecule has 0 aromatic carbocycles. The third-order valence-corrected chi connectivity index (χ3v) is 0.894. The van der Waals surface area contributed by atoms with Gasteiger partial charge in [0.1, 0.15) is 0 Å². The molecule has 8 heavy (non-hydrogen) atoms. The molecule has 0 aromatic rings. The van der Waals surface area contributed by atoms with Crippen molar-refractivity contribution in [3.05, 3.63) is 29.7 Å². The molecular weight excluding hydrogens is 102 g/mol. The first kappa shape index (κ1) is 5.16. The summed E-state index contributed by atoms with van der Waals surface area (Å²) < 4.78 is 0. The van der Waals surface area contributed by atoms with E-state index in [0.717, 1.165) is 6.42 Å². The Morgan fingerprint density at radius 3 is 3.00 bits per heavy atom. The van der Waals surface area contributed by atoms with Gasteiger partial charge in [-0.1, -0.05) is 11.8 Å². The molecule has 2 heteroatoms. The normalized spacial score (nSPS) is 15.9. The SMILES string of the molecule is NOC1=C=CCC=C1. The van der Waals surface area contributed by atoms with E-state index in [9.17, 15) is 0 Å². The van der Waals surface area contributed by atoms with E-state index in [-0.39, 0.29) is 0 Å². The van der Waals surface area contributed by atoms with Crippen molar-refractivity contribution >= 4 is 0 Å². The number of nitrogens with two attached hydrogens (primary N) is 1. The zero-order valence-corrected chi connectivity index (χ0v) is 4.42. The van der Waals surface area contributed by atoms with E-state index in [0.29, 0.717) is 5.76 Å². The summed E-state index contributed by atoms with van der Waals surface area (Å²) in [4.78, 5) is 4.38. The second kappa shape index (κ2) is 2.36. The second-order valence-electron chi connectivity index (χ2n) is 1.47. The van der Waals surface area contributed by atoms with E-state index < -0.39 is 0 Å². The largest absolute Gasteiger partial charge is 0.403 e. The van der Waals surface area contributed by atoms with Crippen molar-refractivity contribution in [1.29, 1.82) is 0 Å². The van der Waals surface area contributed by atoms with Crippen molar-refractivity contribution in [3.8, 4) is 0 Å². The average Bonchev–Trinajstić information content (AvgIpc) is 1.90. The lowest BCUT2D eigenvalue weighted by molar-refractivity contribution is 0.234. The number of hydrogen-bond acceptors (Lipinski definition) is 2. The second-order valence-corrected chi connectivity index (χ2v) is 1.47. The third-order valence-electron chi connectivity index (χ3n) is 0.894. The van der Waals surface area contributed by atoms with Crippen LogP contribution < -0.4 is 5.90 Å². The molecular formula is C6H7NO. The molecule has 0 saturated heterocycles. The molecule has 0 aliphatic heterocycles. The highest BCUT2D eigenvalue weighted by molar-refractivity contribution is 5.16. The monoisotopic (exact) mass is 109 g/mol. The minimum Gasteiger partial charge on any atom is -0.403 e. The lowest BCUT2D eigenvalue weighted by Gasteiger charge is -1.95. The van der Waals surface area contributed by atoms with Crippen LogP contribution in [0.4, 0.5) is 0 Å². The van der Waals surface area contributed by atoms with Gasteiger partial charge in [-0.15, -0.1) is 0 Å². The first-order valence-electron chi connectivity index (χ1n) is 2.42. The van der Waals surface area contributed by atoms with E-state index in [1.165, 1.54) is 0 Å². The Balaban J connectivity index is 2.75. The summed E-state index contributed by atoms with van der Waals surface area (Å²) in [6, 6.07) is 0. The molecule has 1 aliphatic carbocycles. The summed E-state index contributed by atoms with van der Waals surface area (Å²) in [5, 5.41) is 0. The Morgan fingerprint density at radius 2 is 2.62 bits per heavy atom. The molecule has 0 fully saturated rings. The highest BCUT2D eigenvalue weighted by atomic mass is 16.6. The number of hydrogen-bond donors (Lipinski definition) is 1. The fourth-order valence-electron chi connectivity index (χ4n) is 0.524. The Labute approximate surface area is 47.9 Å². The summed E-state index contributed by atoms with van der Waals surface area (Å²) in [6.07, 6.45) is 6.54. The first-order valence-corrected chi connectivity index (χ1v) is 2.42. The van der Waals surface area contributed by atoms with Crippen LogP contribution in [0.2, 0.25) is 0 Å². The molecule has 0 radical (unpaired) electrons. The fourth-order valence-corrected chi connectivity index (χ4v) is 0.524. The number of allylic oxidation sites excluding steroid dienone is 2. The van der Waals surface area contributed by atoms with E-state index in [4.69, 9.17) is 5.90 Å². The van der Waals surface area contributed by atoms with Crippen LogP contribution in [0.25, 0.3) is 0 Å². The van der Waals surface area contributed by atoms with Crippen LogP contribution in [0.15, 0.2) is 29.7 Å². The van der Waals surface area contributed by atoms with Gasteiger partial charge in [-0.3, -0.25) is 0 Å². The Kier molecular flexibility index (Phi) is 1.52. The standard InChI is InChI=1S/C6H7NO/c7-8-6-4-2-1-3-5-6/h2-4H,1,7H2. The van der Waals surface area contributed by atoms with Crippen LogP contribution in [0.1, 0.15) is 6.42 Å². The van der Waals surface area contributed by atoms with Crippen LogP contribution in [0.3, 0.4) is 0 Å². The van der Waals surface area contributed by atoms with Crippen molar-refractivity contribution in [2.45, 2.75) is 6.42 Å². The van der Waals surface area contributed by atoms with Crippen LogP contribution >= 0.6 is 0 Å². The quantitative estimate of drug-likeness (QED) is 0.400. The molecule has 0 amide bonds. The van der Waals surface area contributed by atoms with Gasteiger partial charge in [0.15, 0.2) is 5.76 Å². The smallest absolute Gasteiger partial charge is 0.188 e. The molecule has 0 spiro atoms. The van der Waals surface area contributed by atoms with Gasteiger partial charge in [-0.05, 0) is 18.6 Å². The Hall–Kier alpha value is -0.980. The van der Waals surface area contributed by atoms with E-state index >= 15 is 0 Å². The maximum Gasteiger partial charge on any atom is 0.188 e. The zero-order valence-electron chi connectivity index (χ0n) is 4.42. The zero-order chi connectivity index (χ0) is 5.82. The summed E-state index contributed by atoms with van der Waals surface area (Å²) >= 11 is 0. The lowest BCUT2D eigenvalue weighted by Crippen LogP contribution is -1.95. The molecule has 1 aliphatic rings. The van der Waals surface area contributed by atoms with Gasteiger partial charge < -0.3 is 4.84 Å². The third kappa shape index (κ3) is 0.997. The predicted molar refractivity (Wildman–Crippen MR) is 30.6 cm³/mol. The molecule has 0 aromatic heterocycles.